The fraction of sp³-hybridized carbons (Fsp3) is 0.333. The van der Waals surface area contributed by atoms with Crippen LogP contribution in [0.15, 0.2) is 24.3 Å². The average Bonchev–Trinajstić information content (AvgIpc) is 2.25. The zero-order chi connectivity index (χ0) is 13.1. The number of ether oxygens (including phenoxy) is 1. The molecule has 0 saturated heterocycles. The van der Waals surface area contributed by atoms with Crippen LogP contribution in [0.4, 0.5) is 0 Å². The number of rotatable bonds is 4. The third-order valence-corrected chi connectivity index (χ3v) is 2.38. The minimum Gasteiger partial charge on any atom is -0.478 e. The Morgan fingerprint density at radius 3 is 2.24 bits per heavy atom. The van der Waals surface area contributed by atoms with Crippen LogP contribution in [0, 0.1) is 0 Å². The second kappa shape index (κ2) is 5.31. The van der Waals surface area contributed by atoms with Crippen LogP contribution in [0.2, 0.25) is 0 Å². The number of carbonyl (C=O) groups excluding carboxylic acids is 1. The summed E-state index contributed by atoms with van der Waals surface area (Å²) in [6, 6.07) is 6.20. The zero-order valence-electron chi connectivity index (χ0n) is 9.57. The number of benzene rings is 1. The van der Waals surface area contributed by atoms with Gasteiger partial charge >= 0.3 is 11.9 Å². The van der Waals surface area contributed by atoms with Crippen molar-refractivity contribution in [3.63, 3.8) is 0 Å². The SMILES string of the molecule is CC(C)(Br)C(=O)OCc1ccc(C(=O)O)cc1. The predicted octanol–water partition coefficient (Wildman–Crippen LogP) is 2.60. The number of halogens is 1. The van der Waals surface area contributed by atoms with Crippen molar-refractivity contribution >= 4 is 27.9 Å². The molecule has 0 heterocycles. The minimum atomic E-state index is -0.977. The molecule has 0 amide bonds. The first kappa shape index (κ1) is 13.7. The van der Waals surface area contributed by atoms with Crippen LogP contribution in [-0.2, 0) is 16.1 Å². The van der Waals surface area contributed by atoms with Gasteiger partial charge in [-0.1, -0.05) is 28.1 Å². The number of carbonyl (C=O) groups is 2. The van der Waals surface area contributed by atoms with Crippen LogP contribution >= 0.6 is 15.9 Å². The first-order valence-electron chi connectivity index (χ1n) is 4.99. The zero-order valence-corrected chi connectivity index (χ0v) is 11.2. The van der Waals surface area contributed by atoms with Crippen molar-refractivity contribution in [1.29, 1.82) is 0 Å². The third kappa shape index (κ3) is 4.19. The van der Waals surface area contributed by atoms with E-state index in [-0.39, 0.29) is 18.1 Å². The smallest absolute Gasteiger partial charge is 0.335 e. The summed E-state index contributed by atoms with van der Waals surface area (Å²) in [5, 5.41) is 8.71. The highest BCUT2D eigenvalue weighted by Crippen LogP contribution is 2.18. The highest BCUT2D eigenvalue weighted by Gasteiger charge is 2.25. The molecule has 0 aliphatic heterocycles. The molecule has 0 aliphatic carbocycles. The van der Waals surface area contributed by atoms with Crippen molar-refractivity contribution in [2.45, 2.75) is 24.8 Å². The quantitative estimate of drug-likeness (QED) is 0.686. The Morgan fingerprint density at radius 2 is 1.82 bits per heavy atom. The van der Waals surface area contributed by atoms with E-state index < -0.39 is 10.3 Å². The van der Waals surface area contributed by atoms with Crippen molar-refractivity contribution in [3.05, 3.63) is 35.4 Å². The first-order chi connectivity index (χ1) is 7.80. The summed E-state index contributed by atoms with van der Waals surface area (Å²) < 4.78 is 4.35. The van der Waals surface area contributed by atoms with E-state index in [0.29, 0.717) is 0 Å². The monoisotopic (exact) mass is 300 g/mol. The second-order valence-corrected chi connectivity index (χ2v) is 6.03. The Morgan fingerprint density at radius 1 is 1.29 bits per heavy atom. The summed E-state index contributed by atoms with van der Waals surface area (Å²) >= 11 is 3.20. The molecule has 0 spiro atoms. The fourth-order valence-electron chi connectivity index (χ4n) is 1.06. The van der Waals surface area contributed by atoms with Gasteiger partial charge in [-0.05, 0) is 31.5 Å². The van der Waals surface area contributed by atoms with Gasteiger partial charge in [-0.15, -0.1) is 0 Å². The van der Waals surface area contributed by atoms with Crippen LogP contribution in [0.5, 0.6) is 0 Å². The van der Waals surface area contributed by atoms with Crippen molar-refractivity contribution < 1.29 is 19.4 Å². The largest absolute Gasteiger partial charge is 0.478 e. The molecule has 0 saturated carbocycles. The summed E-state index contributed by atoms with van der Waals surface area (Å²) in [6.07, 6.45) is 0. The van der Waals surface area contributed by atoms with Gasteiger partial charge in [0.1, 0.15) is 10.9 Å². The van der Waals surface area contributed by atoms with Crippen molar-refractivity contribution in [2.75, 3.05) is 0 Å². The summed E-state index contributed by atoms with van der Waals surface area (Å²) in [6.45, 7) is 3.53. The molecule has 1 aromatic carbocycles. The van der Waals surface area contributed by atoms with Gasteiger partial charge in [-0.3, -0.25) is 4.79 Å². The summed E-state index contributed by atoms with van der Waals surface area (Å²) in [7, 11) is 0. The Bertz CT molecular complexity index is 417. The van der Waals surface area contributed by atoms with E-state index >= 15 is 0 Å². The normalized spacial score (nSPS) is 11.0. The molecule has 1 aromatic rings. The molecule has 0 radical (unpaired) electrons. The number of alkyl halides is 1. The van der Waals surface area contributed by atoms with Gasteiger partial charge < -0.3 is 9.84 Å². The second-order valence-electron chi connectivity index (χ2n) is 4.05. The van der Waals surface area contributed by atoms with Crippen LogP contribution in [-0.4, -0.2) is 21.4 Å². The maximum atomic E-state index is 11.4. The van der Waals surface area contributed by atoms with Gasteiger partial charge in [-0.2, -0.15) is 0 Å². The van der Waals surface area contributed by atoms with E-state index in [1.165, 1.54) is 12.1 Å². The molecule has 1 N–H and O–H groups in total. The van der Waals surface area contributed by atoms with Crippen molar-refractivity contribution in [2.24, 2.45) is 0 Å². The minimum absolute atomic E-state index is 0.133. The molecule has 92 valence electrons. The lowest BCUT2D eigenvalue weighted by molar-refractivity contribution is -0.146. The molecule has 5 heteroatoms. The molecular weight excluding hydrogens is 288 g/mol. The van der Waals surface area contributed by atoms with Gasteiger partial charge in [0.2, 0.25) is 0 Å². The molecule has 17 heavy (non-hydrogen) atoms. The number of esters is 1. The number of aromatic carboxylic acids is 1. The maximum Gasteiger partial charge on any atom is 0.335 e. The van der Waals surface area contributed by atoms with Crippen molar-refractivity contribution in [1.82, 2.24) is 0 Å². The maximum absolute atomic E-state index is 11.4. The number of hydrogen-bond donors (Lipinski definition) is 1. The summed E-state index contributed by atoms with van der Waals surface area (Å²) in [4.78, 5) is 22.1. The molecular formula is C12H13BrO4. The molecule has 0 unspecified atom stereocenters. The van der Waals surface area contributed by atoms with Gasteiger partial charge in [0.15, 0.2) is 0 Å². The predicted molar refractivity (Wildman–Crippen MR) is 66.2 cm³/mol. The molecule has 1 rings (SSSR count). The molecule has 0 bridgehead atoms. The van der Waals surface area contributed by atoms with E-state index in [2.05, 4.69) is 15.9 Å². The van der Waals surface area contributed by atoms with E-state index in [0.717, 1.165) is 5.56 Å². The number of hydrogen-bond acceptors (Lipinski definition) is 3. The van der Waals surface area contributed by atoms with Gasteiger partial charge in [0, 0.05) is 0 Å². The number of carboxylic acids is 1. The van der Waals surface area contributed by atoms with E-state index in [1.807, 2.05) is 0 Å². The lowest BCUT2D eigenvalue weighted by Crippen LogP contribution is -2.26. The molecule has 0 aliphatic rings. The highest BCUT2D eigenvalue weighted by molar-refractivity contribution is 9.10. The van der Waals surface area contributed by atoms with Crippen LogP contribution in [0.1, 0.15) is 29.8 Å². The third-order valence-electron chi connectivity index (χ3n) is 2.06. The van der Waals surface area contributed by atoms with E-state index in [9.17, 15) is 9.59 Å². The molecule has 0 aromatic heterocycles. The molecule has 0 atom stereocenters. The standard InChI is InChI=1S/C12H13BrO4/c1-12(2,13)11(16)17-7-8-3-5-9(6-4-8)10(14)15/h3-6H,7H2,1-2H3,(H,14,15). The lowest BCUT2D eigenvalue weighted by Gasteiger charge is -2.14. The average molecular weight is 301 g/mol. The van der Waals surface area contributed by atoms with Gasteiger partial charge in [0.25, 0.3) is 0 Å². The fourth-order valence-corrected chi connectivity index (χ4v) is 1.18. The summed E-state index contributed by atoms with van der Waals surface area (Å²) in [5.74, 6) is -1.34. The van der Waals surface area contributed by atoms with E-state index in [4.69, 9.17) is 9.84 Å². The molecule has 4 nitrogen and oxygen atoms in total. The Balaban J connectivity index is 2.59. The van der Waals surface area contributed by atoms with Gasteiger partial charge in [0.05, 0.1) is 5.56 Å². The topological polar surface area (TPSA) is 63.6 Å². The summed E-state index contributed by atoms with van der Waals surface area (Å²) in [5.41, 5.74) is 0.959. The molecule has 0 fully saturated rings. The number of carboxylic acid groups (broad SMARTS) is 1. The Labute approximate surface area is 108 Å². The first-order valence-corrected chi connectivity index (χ1v) is 5.78. The van der Waals surface area contributed by atoms with Gasteiger partial charge in [-0.25, -0.2) is 4.79 Å². The highest BCUT2D eigenvalue weighted by atomic mass is 79.9. The van der Waals surface area contributed by atoms with Crippen LogP contribution in [0.3, 0.4) is 0 Å². The van der Waals surface area contributed by atoms with Crippen LogP contribution < -0.4 is 0 Å². The van der Waals surface area contributed by atoms with Crippen LogP contribution in [0.25, 0.3) is 0 Å². The Hall–Kier alpha value is -1.36. The van der Waals surface area contributed by atoms with Crippen molar-refractivity contribution in [3.8, 4) is 0 Å². The Kier molecular flexibility index (Phi) is 4.28. The lowest BCUT2D eigenvalue weighted by atomic mass is 10.1. The van der Waals surface area contributed by atoms with E-state index in [1.54, 1.807) is 26.0 Å².